The van der Waals surface area contributed by atoms with E-state index in [2.05, 4.69) is 11.4 Å². The predicted octanol–water partition coefficient (Wildman–Crippen LogP) is 2.01. The molecule has 2 rings (SSSR count). The summed E-state index contributed by atoms with van der Waals surface area (Å²) in [5.74, 6) is 0.797. The van der Waals surface area contributed by atoms with E-state index in [4.69, 9.17) is 10.00 Å². The van der Waals surface area contributed by atoms with E-state index >= 15 is 0 Å². The van der Waals surface area contributed by atoms with Gasteiger partial charge in [-0.3, -0.25) is 5.32 Å². The minimum atomic E-state index is -0.215. The molecular formula is C12H14N2O. The van der Waals surface area contributed by atoms with Crippen LogP contribution in [0.25, 0.3) is 0 Å². The molecule has 0 bridgehead atoms. The molecule has 0 aromatic heterocycles. The number of nitrogens with one attached hydrogen (secondary N) is 1. The highest BCUT2D eigenvalue weighted by Crippen LogP contribution is 2.25. The Balaban J connectivity index is 2.14. The third-order valence-corrected chi connectivity index (χ3v) is 2.54. The van der Waals surface area contributed by atoms with Crippen molar-refractivity contribution in [1.82, 2.24) is 5.32 Å². The van der Waals surface area contributed by atoms with Crippen molar-refractivity contribution < 1.29 is 4.74 Å². The fraction of sp³-hybridized carbons (Fsp3) is 0.417. The summed E-state index contributed by atoms with van der Waals surface area (Å²) >= 11 is 0. The van der Waals surface area contributed by atoms with Crippen LogP contribution in [0, 0.1) is 11.3 Å². The van der Waals surface area contributed by atoms with E-state index in [-0.39, 0.29) is 6.04 Å². The molecule has 1 saturated carbocycles. The second-order valence-electron chi connectivity index (χ2n) is 3.78. The Morgan fingerprint density at radius 2 is 2.33 bits per heavy atom. The summed E-state index contributed by atoms with van der Waals surface area (Å²) in [6.45, 7) is 0. The van der Waals surface area contributed by atoms with Crippen molar-refractivity contribution in [2.24, 2.45) is 0 Å². The summed E-state index contributed by atoms with van der Waals surface area (Å²) in [6.07, 6.45) is 2.37. The SMILES string of the molecule is COc1cccc(C(C#N)NC2CC2)c1. The van der Waals surface area contributed by atoms with Gasteiger partial charge in [0.05, 0.1) is 13.2 Å². The van der Waals surface area contributed by atoms with Crippen LogP contribution in [0.2, 0.25) is 0 Å². The van der Waals surface area contributed by atoms with E-state index in [1.54, 1.807) is 7.11 Å². The molecule has 1 unspecified atom stereocenters. The van der Waals surface area contributed by atoms with Gasteiger partial charge >= 0.3 is 0 Å². The zero-order valence-electron chi connectivity index (χ0n) is 8.73. The summed E-state index contributed by atoms with van der Waals surface area (Å²) in [6, 6.07) is 10.2. The molecule has 1 atom stereocenters. The minimum Gasteiger partial charge on any atom is -0.497 e. The zero-order valence-corrected chi connectivity index (χ0v) is 8.73. The number of hydrogen-bond donors (Lipinski definition) is 1. The maximum Gasteiger partial charge on any atom is 0.121 e. The van der Waals surface area contributed by atoms with Crippen molar-refractivity contribution >= 4 is 0 Å². The molecule has 1 N–H and O–H groups in total. The maximum absolute atomic E-state index is 9.07. The van der Waals surface area contributed by atoms with E-state index < -0.39 is 0 Å². The first kappa shape index (κ1) is 10.0. The first-order chi connectivity index (χ1) is 7.33. The van der Waals surface area contributed by atoms with Crippen LogP contribution < -0.4 is 10.1 Å². The molecule has 1 aromatic rings. The number of methoxy groups -OCH3 is 1. The summed E-state index contributed by atoms with van der Waals surface area (Å²) in [5.41, 5.74) is 0.976. The lowest BCUT2D eigenvalue weighted by Gasteiger charge is -2.11. The van der Waals surface area contributed by atoms with Gasteiger partial charge in [-0.05, 0) is 30.5 Å². The molecule has 78 valence electrons. The fourth-order valence-corrected chi connectivity index (χ4v) is 1.51. The number of benzene rings is 1. The molecule has 1 fully saturated rings. The first-order valence-corrected chi connectivity index (χ1v) is 5.13. The normalized spacial score (nSPS) is 16.8. The maximum atomic E-state index is 9.07. The molecule has 3 heteroatoms. The van der Waals surface area contributed by atoms with E-state index in [0.717, 1.165) is 11.3 Å². The fourth-order valence-electron chi connectivity index (χ4n) is 1.51. The van der Waals surface area contributed by atoms with Crippen molar-refractivity contribution in [1.29, 1.82) is 5.26 Å². The minimum absolute atomic E-state index is 0.215. The molecule has 0 heterocycles. The van der Waals surface area contributed by atoms with Crippen molar-refractivity contribution in [2.75, 3.05) is 7.11 Å². The van der Waals surface area contributed by atoms with E-state index in [1.165, 1.54) is 12.8 Å². The first-order valence-electron chi connectivity index (χ1n) is 5.13. The molecule has 15 heavy (non-hydrogen) atoms. The van der Waals surface area contributed by atoms with Gasteiger partial charge in [-0.2, -0.15) is 5.26 Å². The quantitative estimate of drug-likeness (QED) is 0.812. The molecule has 0 aliphatic heterocycles. The van der Waals surface area contributed by atoms with E-state index in [9.17, 15) is 0 Å². The number of nitriles is 1. The summed E-state index contributed by atoms with van der Waals surface area (Å²) in [5, 5.41) is 12.4. The standard InChI is InChI=1S/C12H14N2O/c1-15-11-4-2-3-9(7-11)12(8-13)14-10-5-6-10/h2-4,7,10,12,14H,5-6H2,1H3. The number of hydrogen-bond acceptors (Lipinski definition) is 3. The Labute approximate surface area is 89.7 Å². The van der Waals surface area contributed by atoms with E-state index in [0.29, 0.717) is 6.04 Å². The van der Waals surface area contributed by atoms with Crippen LogP contribution in [0.3, 0.4) is 0 Å². The van der Waals surface area contributed by atoms with Gasteiger partial charge in [-0.15, -0.1) is 0 Å². The Morgan fingerprint density at radius 3 is 2.93 bits per heavy atom. The molecule has 1 aromatic carbocycles. The second kappa shape index (κ2) is 4.33. The van der Waals surface area contributed by atoms with Gasteiger partial charge in [0.2, 0.25) is 0 Å². The number of rotatable bonds is 4. The van der Waals surface area contributed by atoms with Gasteiger partial charge in [0, 0.05) is 6.04 Å². The zero-order chi connectivity index (χ0) is 10.7. The molecule has 0 radical (unpaired) electrons. The van der Waals surface area contributed by atoms with Gasteiger partial charge in [0.15, 0.2) is 0 Å². The average molecular weight is 202 g/mol. The largest absolute Gasteiger partial charge is 0.497 e. The summed E-state index contributed by atoms with van der Waals surface area (Å²) in [4.78, 5) is 0. The van der Waals surface area contributed by atoms with Crippen molar-refractivity contribution in [3.05, 3.63) is 29.8 Å². The average Bonchev–Trinajstić information content (AvgIpc) is 3.10. The van der Waals surface area contributed by atoms with Gasteiger partial charge < -0.3 is 4.74 Å². The highest BCUT2D eigenvalue weighted by Gasteiger charge is 2.25. The van der Waals surface area contributed by atoms with Crippen molar-refractivity contribution in [3.8, 4) is 11.8 Å². The number of ether oxygens (including phenoxy) is 1. The summed E-state index contributed by atoms with van der Waals surface area (Å²) < 4.78 is 5.13. The van der Waals surface area contributed by atoms with E-state index in [1.807, 2.05) is 24.3 Å². The van der Waals surface area contributed by atoms with Crippen LogP contribution in [0.4, 0.5) is 0 Å². The van der Waals surface area contributed by atoms with Crippen molar-refractivity contribution in [3.63, 3.8) is 0 Å². The van der Waals surface area contributed by atoms with Gasteiger partial charge in [-0.25, -0.2) is 0 Å². The predicted molar refractivity (Wildman–Crippen MR) is 57.5 cm³/mol. The molecule has 1 aliphatic carbocycles. The van der Waals surface area contributed by atoms with Gasteiger partial charge in [-0.1, -0.05) is 12.1 Å². The molecule has 0 saturated heterocycles. The van der Waals surface area contributed by atoms with Crippen molar-refractivity contribution in [2.45, 2.75) is 24.9 Å². The van der Waals surface area contributed by atoms with Crippen LogP contribution in [-0.4, -0.2) is 13.2 Å². The van der Waals surface area contributed by atoms with Gasteiger partial charge in [0.1, 0.15) is 11.8 Å². The highest BCUT2D eigenvalue weighted by atomic mass is 16.5. The Kier molecular flexibility index (Phi) is 2.89. The van der Waals surface area contributed by atoms with Crippen LogP contribution in [0.15, 0.2) is 24.3 Å². The summed E-state index contributed by atoms with van der Waals surface area (Å²) in [7, 11) is 1.63. The topological polar surface area (TPSA) is 45.0 Å². The molecule has 3 nitrogen and oxygen atoms in total. The lowest BCUT2D eigenvalue weighted by molar-refractivity contribution is 0.413. The van der Waals surface area contributed by atoms with Crippen LogP contribution in [0.1, 0.15) is 24.4 Å². The smallest absolute Gasteiger partial charge is 0.121 e. The van der Waals surface area contributed by atoms with Crippen LogP contribution >= 0.6 is 0 Å². The third kappa shape index (κ3) is 2.48. The van der Waals surface area contributed by atoms with Crippen LogP contribution in [-0.2, 0) is 0 Å². The number of nitrogens with zero attached hydrogens (tertiary/aromatic N) is 1. The second-order valence-corrected chi connectivity index (χ2v) is 3.78. The Bertz CT molecular complexity index is 379. The lowest BCUT2D eigenvalue weighted by Crippen LogP contribution is -2.21. The third-order valence-electron chi connectivity index (χ3n) is 2.54. The highest BCUT2D eigenvalue weighted by molar-refractivity contribution is 5.33. The van der Waals surface area contributed by atoms with Crippen LogP contribution in [0.5, 0.6) is 5.75 Å². The Morgan fingerprint density at radius 1 is 1.53 bits per heavy atom. The monoisotopic (exact) mass is 202 g/mol. The Hall–Kier alpha value is -1.53. The lowest BCUT2D eigenvalue weighted by atomic mass is 10.1. The molecule has 0 amide bonds. The van der Waals surface area contributed by atoms with Gasteiger partial charge in [0.25, 0.3) is 0 Å². The molecular weight excluding hydrogens is 188 g/mol. The molecule has 0 spiro atoms. The molecule has 1 aliphatic rings.